The van der Waals surface area contributed by atoms with Crippen molar-refractivity contribution in [2.45, 2.75) is 12.8 Å². The number of hydrogen-bond acceptors (Lipinski definition) is 4. The number of amides is 2. The first-order valence-corrected chi connectivity index (χ1v) is 7.95. The summed E-state index contributed by atoms with van der Waals surface area (Å²) < 4.78 is 5.33. The quantitative estimate of drug-likeness (QED) is 0.942. The van der Waals surface area contributed by atoms with Gasteiger partial charge in [-0.15, -0.1) is 0 Å². The summed E-state index contributed by atoms with van der Waals surface area (Å²) in [5.74, 6) is 0.550. The Hall–Kier alpha value is -2.34. The van der Waals surface area contributed by atoms with Crippen LogP contribution in [0.4, 0.5) is 11.4 Å². The molecule has 0 radical (unpaired) electrons. The summed E-state index contributed by atoms with van der Waals surface area (Å²) in [7, 11) is 1.57. The van der Waals surface area contributed by atoms with E-state index in [1.54, 1.807) is 41.7 Å². The fraction of sp³-hybridized carbons (Fsp3) is 0.250. The van der Waals surface area contributed by atoms with Gasteiger partial charge in [0.15, 0.2) is 0 Å². The Morgan fingerprint density at radius 1 is 1.36 bits per heavy atom. The fourth-order valence-corrected chi connectivity index (χ4v) is 3.11. The molecule has 1 aliphatic rings. The molecule has 1 saturated heterocycles. The van der Waals surface area contributed by atoms with Crippen LogP contribution in [0.15, 0.2) is 35.0 Å². The smallest absolute Gasteiger partial charge is 0.256 e. The number of hydrogen-bond donors (Lipinski definition) is 1. The van der Waals surface area contributed by atoms with Crippen molar-refractivity contribution in [3.05, 3.63) is 40.6 Å². The van der Waals surface area contributed by atoms with Gasteiger partial charge in [0.2, 0.25) is 5.91 Å². The van der Waals surface area contributed by atoms with Crippen LogP contribution in [0.1, 0.15) is 23.2 Å². The third-order valence-electron chi connectivity index (χ3n) is 3.58. The molecule has 1 aromatic heterocycles. The van der Waals surface area contributed by atoms with Crippen molar-refractivity contribution >= 4 is 34.5 Å². The van der Waals surface area contributed by atoms with E-state index in [2.05, 4.69) is 5.32 Å². The Morgan fingerprint density at radius 2 is 2.23 bits per heavy atom. The van der Waals surface area contributed by atoms with E-state index >= 15 is 0 Å². The van der Waals surface area contributed by atoms with Crippen LogP contribution in [0.2, 0.25) is 0 Å². The highest BCUT2D eigenvalue weighted by Gasteiger charge is 2.24. The Morgan fingerprint density at radius 3 is 2.86 bits per heavy atom. The zero-order valence-electron chi connectivity index (χ0n) is 12.2. The summed E-state index contributed by atoms with van der Waals surface area (Å²) in [6.45, 7) is 0.678. The fourth-order valence-electron chi connectivity index (χ4n) is 2.48. The Balaban J connectivity index is 1.87. The second kappa shape index (κ2) is 6.19. The van der Waals surface area contributed by atoms with Crippen molar-refractivity contribution in [1.29, 1.82) is 0 Å². The van der Waals surface area contributed by atoms with Crippen LogP contribution in [0.3, 0.4) is 0 Å². The predicted molar refractivity (Wildman–Crippen MR) is 86.9 cm³/mol. The number of rotatable bonds is 4. The summed E-state index contributed by atoms with van der Waals surface area (Å²) in [5.41, 5.74) is 1.97. The lowest BCUT2D eigenvalue weighted by molar-refractivity contribution is -0.117. The van der Waals surface area contributed by atoms with Crippen LogP contribution >= 0.6 is 11.3 Å². The average molecular weight is 316 g/mol. The van der Waals surface area contributed by atoms with Gasteiger partial charge >= 0.3 is 0 Å². The standard InChI is InChI=1S/C16H16N2O3S/c1-21-14-5-4-12(17-16(20)11-6-8-22-10-11)9-13(14)18-7-2-3-15(18)19/h4-6,8-10H,2-3,7H2,1H3,(H,17,20). The first kappa shape index (κ1) is 14.6. The summed E-state index contributed by atoms with van der Waals surface area (Å²) in [6, 6.07) is 7.10. The number of carbonyl (C=O) groups is 2. The van der Waals surface area contributed by atoms with Gasteiger partial charge in [-0.3, -0.25) is 9.59 Å². The van der Waals surface area contributed by atoms with Gasteiger partial charge in [0, 0.05) is 24.0 Å². The van der Waals surface area contributed by atoms with Gasteiger partial charge < -0.3 is 15.0 Å². The van der Waals surface area contributed by atoms with Crippen molar-refractivity contribution in [2.24, 2.45) is 0 Å². The van der Waals surface area contributed by atoms with Crippen LogP contribution in [0.5, 0.6) is 5.75 Å². The molecular formula is C16H16N2O3S. The van der Waals surface area contributed by atoms with E-state index in [4.69, 9.17) is 4.74 Å². The number of anilines is 2. The molecule has 0 unspecified atom stereocenters. The van der Waals surface area contributed by atoms with E-state index in [1.807, 2.05) is 5.38 Å². The first-order chi connectivity index (χ1) is 10.7. The van der Waals surface area contributed by atoms with Crippen molar-refractivity contribution in [1.82, 2.24) is 0 Å². The normalized spacial score (nSPS) is 14.2. The molecule has 0 saturated carbocycles. The molecule has 1 aliphatic heterocycles. The molecule has 114 valence electrons. The van der Waals surface area contributed by atoms with Crippen molar-refractivity contribution < 1.29 is 14.3 Å². The van der Waals surface area contributed by atoms with Gasteiger partial charge in [0.1, 0.15) is 5.75 Å². The van der Waals surface area contributed by atoms with E-state index < -0.39 is 0 Å². The SMILES string of the molecule is COc1ccc(NC(=O)c2ccsc2)cc1N1CCCC1=O. The molecule has 22 heavy (non-hydrogen) atoms. The lowest BCUT2D eigenvalue weighted by atomic mass is 10.2. The maximum absolute atomic E-state index is 12.1. The molecule has 6 heteroatoms. The van der Waals surface area contributed by atoms with Gasteiger partial charge in [-0.1, -0.05) is 0 Å². The van der Waals surface area contributed by atoms with Crippen LogP contribution in [-0.4, -0.2) is 25.5 Å². The zero-order valence-corrected chi connectivity index (χ0v) is 13.0. The Kier molecular flexibility index (Phi) is 4.11. The minimum atomic E-state index is -0.162. The highest BCUT2D eigenvalue weighted by molar-refractivity contribution is 7.08. The topological polar surface area (TPSA) is 58.6 Å². The van der Waals surface area contributed by atoms with Gasteiger partial charge in [-0.25, -0.2) is 0 Å². The molecular weight excluding hydrogens is 300 g/mol. The van der Waals surface area contributed by atoms with Gasteiger partial charge in [0.05, 0.1) is 18.4 Å². The minimum Gasteiger partial charge on any atom is -0.495 e. The van der Waals surface area contributed by atoms with Crippen molar-refractivity contribution in [2.75, 3.05) is 23.9 Å². The molecule has 0 aliphatic carbocycles. The summed E-state index contributed by atoms with van der Waals surface area (Å²) >= 11 is 1.47. The van der Waals surface area contributed by atoms with Gasteiger partial charge in [-0.05, 0) is 36.1 Å². The number of carbonyl (C=O) groups excluding carboxylic acids is 2. The summed E-state index contributed by atoms with van der Waals surface area (Å²) in [4.78, 5) is 25.8. The molecule has 0 spiro atoms. The highest BCUT2D eigenvalue weighted by atomic mass is 32.1. The largest absolute Gasteiger partial charge is 0.495 e. The Labute approximate surface area is 132 Å². The number of benzene rings is 1. The molecule has 0 atom stereocenters. The van der Waals surface area contributed by atoms with Crippen LogP contribution in [-0.2, 0) is 4.79 Å². The lowest BCUT2D eigenvalue weighted by Gasteiger charge is -2.20. The highest BCUT2D eigenvalue weighted by Crippen LogP contribution is 2.34. The van der Waals surface area contributed by atoms with E-state index in [-0.39, 0.29) is 11.8 Å². The molecule has 2 aromatic rings. The van der Waals surface area contributed by atoms with E-state index in [1.165, 1.54) is 11.3 Å². The zero-order chi connectivity index (χ0) is 15.5. The summed E-state index contributed by atoms with van der Waals surface area (Å²) in [5, 5.41) is 6.50. The van der Waals surface area contributed by atoms with Crippen LogP contribution < -0.4 is 15.0 Å². The van der Waals surface area contributed by atoms with Crippen molar-refractivity contribution in [3.63, 3.8) is 0 Å². The van der Waals surface area contributed by atoms with E-state index in [9.17, 15) is 9.59 Å². The van der Waals surface area contributed by atoms with E-state index in [0.717, 1.165) is 6.42 Å². The molecule has 2 amide bonds. The van der Waals surface area contributed by atoms with Gasteiger partial charge in [0.25, 0.3) is 5.91 Å². The van der Waals surface area contributed by atoms with E-state index in [0.29, 0.717) is 35.7 Å². The molecule has 3 rings (SSSR count). The molecule has 1 N–H and O–H groups in total. The maximum Gasteiger partial charge on any atom is 0.256 e. The molecule has 5 nitrogen and oxygen atoms in total. The van der Waals surface area contributed by atoms with Crippen LogP contribution in [0, 0.1) is 0 Å². The molecule has 2 heterocycles. The lowest BCUT2D eigenvalue weighted by Crippen LogP contribution is -2.24. The van der Waals surface area contributed by atoms with Crippen LogP contribution in [0.25, 0.3) is 0 Å². The molecule has 0 bridgehead atoms. The third kappa shape index (κ3) is 2.82. The monoisotopic (exact) mass is 316 g/mol. The number of ether oxygens (including phenoxy) is 1. The number of nitrogens with one attached hydrogen (secondary N) is 1. The predicted octanol–water partition coefficient (Wildman–Crippen LogP) is 3.14. The maximum atomic E-state index is 12.1. The number of nitrogens with zero attached hydrogens (tertiary/aromatic N) is 1. The third-order valence-corrected chi connectivity index (χ3v) is 4.27. The average Bonchev–Trinajstić information content (AvgIpc) is 3.18. The molecule has 1 aromatic carbocycles. The molecule has 1 fully saturated rings. The number of thiophene rings is 1. The van der Waals surface area contributed by atoms with Gasteiger partial charge in [-0.2, -0.15) is 11.3 Å². The second-order valence-electron chi connectivity index (χ2n) is 5.00. The van der Waals surface area contributed by atoms with Crippen molar-refractivity contribution in [3.8, 4) is 5.75 Å². The first-order valence-electron chi connectivity index (χ1n) is 7.01. The second-order valence-corrected chi connectivity index (χ2v) is 5.78. The Bertz CT molecular complexity index is 697. The summed E-state index contributed by atoms with van der Waals surface area (Å²) in [6.07, 6.45) is 1.39. The minimum absolute atomic E-state index is 0.0830. The number of methoxy groups -OCH3 is 1.